The topological polar surface area (TPSA) is 43.4 Å². The Morgan fingerprint density at radius 1 is 1.36 bits per heavy atom. The lowest BCUT2D eigenvalue weighted by Gasteiger charge is -2.25. The molecule has 1 aromatic carbocycles. The fourth-order valence-electron chi connectivity index (χ4n) is 2.46. The summed E-state index contributed by atoms with van der Waals surface area (Å²) in [6.07, 6.45) is 0.631. The Kier molecular flexibility index (Phi) is 4.13. The van der Waals surface area contributed by atoms with Crippen molar-refractivity contribution in [3.8, 4) is 11.8 Å². The smallest absolute Gasteiger partial charge is 0.240 e. The zero-order valence-corrected chi connectivity index (χ0v) is 12.7. The number of hydrogen-bond donors (Lipinski definition) is 1. The Morgan fingerprint density at radius 2 is 2.14 bits per heavy atom. The van der Waals surface area contributed by atoms with E-state index in [9.17, 15) is 4.39 Å². The van der Waals surface area contributed by atoms with Crippen LogP contribution in [0.15, 0.2) is 30.3 Å². The van der Waals surface area contributed by atoms with E-state index in [1.165, 1.54) is 12.1 Å². The number of nitrogens with zero attached hydrogens (tertiary/aromatic N) is 1. The van der Waals surface area contributed by atoms with Crippen LogP contribution in [0.5, 0.6) is 11.8 Å². The number of pyridine rings is 1. The van der Waals surface area contributed by atoms with Gasteiger partial charge in [0.1, 0.15) is 12.4 Å². The van der Waals surface area contributed by atoms with E-state index in [0.717, 1.165) is 16.8 Å². The molecule has 116 valence electrons. The zero-order valence-electron chi connectivity index (χ0n) is 12.7. The quantitative estimate of drug-likeness (QED) is 0.940. The van der Waals surface area contributed by atoms with E-state index < -0.39 is 0 Å². The first kappa shape index (κ1) is 14.6. The van der Waals surface area contributed by atoms with Crippen LogP contribution in [0, 0.1) is 5.82 Å². The summed E-state index contributed by atoms with van der Waals surface area (Å²) in [7, 11) is 0. The van der Waals surface area contributed by atoms with Crippen molar-refractivity contribution in [1.82, 2.24) is 4.98 Å². The zero-order chi connectivity index (χ0) is 15.5. The molecule has 0 spiro atoms. The summed E-state index contributed by atoms with van der Waals surface area (Å²) in [4.78, 5) is 4.47. The molecule has 22 heavy (non-hydrogen) atoms. The Balaban J connectivity index is 1.93. The maximum absolute atomic E-state index is 13.0. The van der Waals surface area contributed by atoms with E-state index in [4.69, 9.17) is 9.47 Å². The molecule has 0 aliphatic carbocycles. The SMILES string of the molecule is CCOc1nc2c(cc1Cc1ccc(F)cc1)N[C@@H](C)CO2. The average Bonchev–Trinajstić information content (AvgIpc) is 2.50. The molecular formula is C17H19FN2O2. The van der Waals surface area contributed by atoms with Gasteiger partial charge in [-0.25, -0.2) is 4.39 Å². The second kappa shape index (κ2) is 6.22. The minimum absolute atomic E-state index is 0.235. The van der Waals surface area contributed by atoms with Crippen molar-refractivity contribution < 1.29 is 13.9 Å². The first-order valence-corrected chi connectivity index (χ1v) is 7.46. The molecule has 1 aliphatic heterocycles. The van der Waals surface area contributed by atoms with Gasteiger partial charge in [0, 0.05) is 12.0 Å². The van der Waals surface area contributed by atoms with Crippen molar-refractivity contribution in [1.29, 1.82) is 0 Å². The van der Waals surface area contributed by atoms with Gasteiger partial charge < -0.3 is 14.8 Å². The fraction of sp³-hybridized carbons (Fsp3) is 0.353. The van der Waals surface area contributed by atoms with Crippen LogP contribution < -0.4 is 14.8 Å². The van der Waals surface area contributed by atoms with Crippen LogP contribution in [0.2, 0.25) is 0 Å². The first-order valence-electron chi connectivity index (χ1n) is 7.46. The van der Waals surface area contributed by atoms with Crippen LogP contribution in [-0.2, 0) is 6.42 Å². The van der Waals surface area contributed by atoms with E-state index >= 15 is 0 Å². The van der Waals surface area contributed by atoms with Crippen molar-refractivity contribution >= 4 is 5.69 Å². The number of hydrogen-bond acceptors (Lipinski definition) is 4. The van der Waals surface area contributed by atoms with Crippen molar-refractivity contribution in [2.45, 2.75) is 26.3 Å². The van der Waals surface area contributed by atoms with Crippen LogP contribution in [0.4, 0.5) is 10.1 Å². The highest BCUT2D eigenvalue weighted by Crippen LogP contribution is 2.33. The summed E-state index contributed by atoms with van der Waals surface area (Å²) in [5.41, 5.74) is 2.84. The molecule has 0 saturated heterocycles. The number of aromatic nitrogens is 1. The molecule has 0 fully saturated rings. The van der Waals surface area contributed by atoms with E-state index in [1.807, 2.05) is 13.0 Å². The third-order valence-corrected chi connectivity index (χ3v) is 3.49. The third-order valence-electron chi connectivity index (χ3n) is 3.49. The molecule has 0 unspecified atom stereocenters. The molecule has 1 aliphatic rings. The van der Waals surface area contributed by atoms with Gasteiger partial charge in [0.05, 0.1) is 18.3 Å². The maximum Gasteiger partial charge on any atom is 0.240 e. The molecule has 0 amide bonds. The van der Waals surface area contributed by atoms with Gasteiger partial charge in [0.25, 0.3) is 0 Å². The molecule has 1 N–H and O–H groups in total. The average molecular weight is 302 g/mol. The lowest BCUT2D eigenvalue weighted by Crippen LogP contribution is -2.29. The molecule has 0 radical (unpaired) electrons. The molecule has 3 rings (SSSR count). The molecular weight excluding hydrogens is 283 g/mol. The Morgan fingerprint density at radius 3 is 2.86 bits per heavy atom. The van der Waals surface area contributed by atoms with Crippen LogP contribution in [-0.4, -0.2) is 24.2 Å². The molecule has 4 nitrogen and oxygen atoms in total. The maximum atomic E-state index is 13.0. The summed E-state index contributed by atoms with van der Waals surface area (Å²) in [6.45, 7) is 5.10. The van der Waals surface area contributed by atoms with Crippen molar-refractivity contribution in [2.75, 3.05) is 18.5 Å². The van der Waals surface area contributed by atoms with Gasteiger partial charge in [-0.3, -0.25) is 0 Å². The van der Waals surface area contributed by atoms with Crippen LogP contribution in [0.1, 0.15) is 25.0 Å². The minimum atomic E-state index is -0.235. The number of rotatable bonds is 4. The predicted octanol–water partition coefficient (Wildman–Crippen LogP) is 3.40. The van der Waals surface area contributed by atoms with Gasteiger partial charge in [-0.15, -0.1) is 0 Å². The van der Waals surface area contributed by atoms with Crippen molar-refractivity contribution in [3.05, 3.63) is 47.3 Å². The van der Waals surface area contributed by atoms with Crippen molar-refractivity contribution in [2.24, 2.45) is 0 Å². The lowest BCUT2D eigenvalue weighted by atomic mass is 10.1. The second-order valence-electron chi connectivity index (χ2n) is 5.40. The van der Waals surface area contributed by atoms with Gasteiger partial charge in [-0.2, -0.15) is 4.98 Å². The molecule has 0 saturated carbocycles. The number of halogens is 1. The summed E-state index contributed by atoms with van der Waals surface area (Å²) in [6, 6.07) is 8.72. The van der Waals surface area contributed by atoms with E-state index in [0.29, 0.717) is 31.4 Å². The van der Waals surface area contributed by atoms with E-state index in [2.05, 4.69) is 17.2 Å². The highest BCUT2D eigenvalue weighted by Gasteiger charge is 2.20. The summed E-state index contributed by atoms with van der Waals surface area (Å²) < 4.78 is 24.3. The Bertz CT molecular complexity index is 658. The number of anilines is 1. The highest BCUT2D eigenvalue weighted by atomic mass is 19.1. The molecule has 0 bridgehead atoms. The second-order valence-corrected chi connectivity index (χ2v) is 5.40. The third kappa shape index (κ3) is 3.13. The van der Waals surface area contributed by atoms with Crippen LogP contribution in [0.25, 0.3) is 0 Å². The summed E-state index contributed by atoms with van der Waals surface area (Å²) >= 11 is 0. The first-order chi connectivity index (χ1) is 10.7. The number of ether oxygens (including phenoxy) is 2. The fourth-order valence-corrected chi connectivity index (χ4v) is 2.46. The van der Waals surface area contributed by atoms with Crippen LogP contribution >= 0.6 is 0 Å². The minimum Gasteiger partial charge on any atom is -0.478 e. The van der Waals surface area contributed by atoms with E-state index in [-0.39, 0.29) is 11.9 Å². The van der Waals surface area contributed by atoms with Crippen LogP contribution in [0.3, 0.4) is 0 Å². The normalized spacial score (nSPS) is 16.4. The monoisotopic (exact) mass is 302 g/mol. The largest absolute Gasteiger partial charge is 0.478 e. The lowest BCUT2D eigenvalue weighted by molar-refractivity contribution is 0.268. The summed E-state index contributed by atoms with van der Waals surface area (Å²) in [5, 5.41) is 3.36. The molecule has 2 heterocycles. The standard InChI is InChI=1S/C17H19FN2O2/c1-3-21-16-13(8-12-4-6-14(18)7-5-12)9-15-17(20-16)22-10-11(2)19-15/h4-7,9,11,19H,3,8,10H2,1-2H3/t11-/m0/s1. The number of benzene rings is 1. The predicted molar refractivity (Wildman–Crippen MR) is 83.2 cm³/mol. The number of nitrogens with one attached hydrogen (secondary N) is 1. The van der Waals surface area contributed by atoms with E-state index in [1.54, 1.807) is 12.1 Å². The highest BCUT2D eigenvalue weighted by molar-refractivity contribution is 5.59. The van der Waals surface area contributed by atoms with Gasteiger partial charge in [0.15, 0.2) is 0 Å². The Labute approximate surface area is 129 Å². The van der Waals surface area contributed by atoms with Gasteiger partial charge in [0.2, 0.25) is 11.8 Å². The Hall–Kier alpha value is -2.30. The number of fused-ring (bicyclic) bond motifs is 1. The van der Waals surface area contributed by atoms with Gasteiger partial charge in [-0.05, 0) is 37.6 Å². The molecule has 2 aromatic rings. The summed E-state index contributed by atoms with van der Waals surface area (Å²) in [5.74, 6) is 0.910. The van der Waals surface area contributed by atoms with Gasteiger partial charge in [-0.1, -0.05) is 12.1 Å². The molecule has 1 aromatic heterocycles. The molecule has 1 atom stereocenters. The van der Waals surface area contributed by atoms with Gasteiger partial charge >= 0.3 is 0 Å². The molecule has 5 heteroatoms. The van der Waals surface area contributed by atoms with Crippen molar-refractivity contribution in [3.63, 3.8) is 0 Å².